The van der Waals surface area contributed by atoms with Gasteiger partial charge in [-0.15, -0.1) is 0 Å². The van der Waals surface area contributed by atoms with Gasteiger partial charge < -0.3 is 15.4 Å². The van der Waals surface area contributed by atoms with E-state index in [1.54, 1.807) is 7.11 Å². The lowest BCUT2D eigenvalue weighted by molar-refractivity contribution is 0.378. The van der Waals surface area contributed by atoms with Crippen molar-refractivity contribution in [3.8, 4) is 5.75 Å². The largest absolute Gasteiger partial charge is 0.497 e. The molecule has 0 bridgehead atoms. The Morgan fingerprint density at radius 2 is 1.91 bits per heavy atom. The zero-order valence-corrected chi connectivity index (χ0v) is 14.8. The number of fused-ring (bicyclic) bond motifs is 1. The maximum Gasteiger partial charge on any atom is 0.121 e. The van der Waals surface area contributed by atoms with Gasteiger partial charge in [-0.1, -0.05) is 26.8 Å². The van der Waals surface area contributed by atoms with E-state index >= 15 is 0 Å². The number of nitrogens with one attached hydrogen (secondary N) is 2. The zero-order chi connectivity index (χ0) is 16.7. The molecule has 2 aromatic rings. The van der Waals surface area contributed by atoms with Crippen LogP contribution in [0.25, 0.3) is 10.9 Å². The lowest BCUT2D eigenvalue weighted by Gasteiger charge is -2.18. The van der Waals surface area contributed by atoms with Gasteiger partial charge in [0.2, 0.25) is 0 Å². The minimum atomic E-state index is 0.351. The van der Waals surface area contributed by atoms with Crippen LogP contribution in [0, 0.1) is 5.41 Å². The molecular weight excluding hydrogens is 286 g/mol. The predicted octanol–water partition coefficient (Wildman–Crippen LogP) is 4.07. The molecule has 2 rings (SSSR count). The van der Waals surface area contributed by atoms with E-state index in [-0.39, 0.29) is 0 Å². The van der Waals surface area contributed by atoms with Crippen LogP contribution in [0.3, 0.4) is 0 Å². The summed E-state index contributed by atoms with van der Waals surface area (Å²) < 4.78 is 5.38. The molecule has 0 saturated carbocycles. The maximum absolute atomic E-state index is 5.38. The molecule has 0 unspecified atom stereocenters. The average Bonchev–Trinajstić information content (AvgIpc) is 2.52. The van der Waals surface area contributed by atoms with E-state index in [1.807, 2.05) is 24.4 Å². The van der Waals surface area contributed by atoms with Gasteiger partial charge in [-0.3, -0.25) is 4.98 Å². The number of rotatable bonds is 8. The molecule has 4 nitrogen and oxygen atoms in total. The number of methoxy groups -OCH3 is 1. The molecule has 23 heavy (non-hydrogen) atoms. The quantitative estimate of drug-likeness (QED) is 0.721. The third-order valence-corrected chi connectivity index (χ3v) is 3.67. The second-order valence-corrected chi connectivity index (χ2v) is 7.12. The summed E-state index contributed by atoms with van der Waals surface area (Å²) in [5.41, 5.74) is 2.39. The van der Waals surface area contributed by atoms with E-state index in [1.165, 1.54) is 6.42 Å². The third kappa shape index (κ3) is 5.71. The molecule has 0 fully saturated rings. The van der Waals surface area contributed by atoms with Gasteiger partial charge in [0.25, 0.3) is 0 Å². The van der Waals surface area contributed by atoms with Crippen LogP contribution in [0.15, 0.2) is 30.5 Å². The van der Waals surface area contributed by atoms with Gasteiger partial charge in [0.1, 0.15) is 5.75 Å². The Kier molecular flexibility index (Phi) is 6.22. The number of unbranched alkanes of at least 4 members (excludes halogenated alkanes) is 1. The first-order chi connectivity index (χ1) is 11.0. The number of hydrogen-bond donors (Lipinski definition) is 2. The van der Waals surface area contributed by atoms with Crippen LogP contribution in [0.1, 0.15) is 33.6 Å². The fourth-order valence-corrected chi connectivity index (χ4v) is 2.48. The van der Waals surface area contributed by atoms with E-state index in [9.17, 15) is 0 Å². The summed E-state index contributed by atoms with van der Waals surface area (Å²) in [6.07, 6.45) is 4.12. The Balaban J connectivity index is 1.83. The van der Waals surface area contributed by atoms with Gasteiger partial charge in [0.05, 0.1) is 18.3 Å². The number of nitrogens with zero attached hydrogens (tertiary/aromatic N) is 1. The fourth-order valence-electron chi connectivity index (χ4n) is 2.48. The van der Waals surface area contributed by atoms with Crippen molar-refractivity contribution in [3.63, 3.8) is 0 Å². The summed E-state index contributed by atoms with van der Waals surface area (Å²) in [5, 5.41) is 8.11. The smallest absolute Gasteiger partial charge is 0.121 e. The number of anilines is 1. The van der Waals surface area contributed by atoms with Crippen molar-refractivity contribution < 1.29 is 4.74 Å². The molecule has 126 valence electrons. The first kappa shape index (κ1) is 17.5. The Morgan fingerprint density at radius 1 is 1.13 bits per heavy atom. The predicted molar refractivity (Wildman–Crippen MR) is 98.3 cm³/mol. The van der Waals surface area contributed by atoms with Crippen molar-refractivity contribution in [2.24, 2.45) is 5.41 Å². The molecule has 2 N–H and O–H groups in total. The lowest BCUT2D eigenvalue weighted by Crippen LogP contribution is -2.27. The van der Waals surface area contributed by atoms with Gasteiger partial charge in [0, 0.05) is 24.2 Å². The number of aromatic nitrogens is 1. The summed E-state index contributed by atoms with van der Waals surface area (Å²) >= 11 is 0. The number of benzene rings is 1. The van der Waals surface area contributed by atoms with Gasteiger partial charge in [-0.25, -0.2) is 0 Å². The summed E-state index contributed by atoms with van der Waals surface area (Å²) in [6, 6.07) is 8.05. The normalized spacial score (nSPS) is 11.7. The van der Waals surface area contributed by atoms with Gasteiger partial charge >= 0.3 is 0 Å². The van der Waals surface area contributed by atoms with Crippen LogP contribution in [0.4, 0.5) is 5.69 Å². The summed E-state index contributed by atoms with van der Waals surface area (Å²) in [4.78, 5) is 4.48. The molecule has 0 spiro atoms. The van der Waals surface area contributed by atoms with E-state index in [0.717, 1.165) is 48.4 Å². The van der Waals surface area contributed by atoms with Crippen LogP contribution in [0.2, 0.25) is 0 Å². The highest BCUT2D eigenvalue weighted by Gasteiger charge is 2.08. The molecular formula is C19H29N3O. The first-order valence-electron chi connectivity index (χ1n) is 8.37. The summed E-state index contributed by atoms with van der Waals surface area (Å²) in [7, 11) is 1.70. The molecule has 1 heterocycles. The Bertz CT molecular complexity index is 620. The van der Waals surface area contributed by atoms with Crippen molar-refractivity contribution in [1.82, 2.24) is 10.3 Å². The van der Waals surface area contributed by atoms with Crippen LogP contribution in [-0.4, -0.2) is 31.7 Å². The molecule has 0 saturated heterocycles. The SMILES string of the molecule is COc1cc(NCCCCNCC(C)(C)C)c2ncccc2c1. The summed E-state index contributed by atoms with van der Waals surface area (Å²) in [5.74, 6) is 0.861. The Hall–Kier alpha value is -1.81. The second kappa shape index (κ2) is 8.16. The van der Waals surface area contributed by atoms with Gasteiger partial charge in [-0.05, 0) is 43.5 Å². The fraction of sp³-hybridized carbons (Fsp3) is 0.526. The monoisotopic (exact) mass is 315 g/mol. The average molecular weight is 315 g/mol. The third-order valence-electron chi connectivity index (χ3n) is 3.67. The van der Waals surface area contributed by atoms with Gasteiger partial charge in [-0.2, -0.15) is 0 Å². The molecule has 1 aromatic carbocycles. The van der Waals surface area contributed by atoms with Gasteiger partial charge in [0.15, 0.2) is 0 Å². The molecule has 0 atom stereocenters. The highest BCUT2D eigenvalue weighted by molar-refractivity contribution is 5.91. The minimum absolute atomic E-state index is 0.351. The van der Waals surface area contributed by atoms with Crippen molar-refractivity contribution in [3.05, 3.63) is 30.5 Å². The standard InChI is InChI=1S/C19H29N3O/c1-19(2,3)14-20-9-5-6-10-21-17-13-16(23-4)12-15-8-7-11-22-18(15)17/h7-8,11-13,20-21H,5-6,9-10,14H2,1-4H3. The van der Waals surface area contributed by atoms with E-state index < -0.39 is 0 Å². The number of pyridine rings is 1. The number of ether oxygens (including phenoxy) is 1. The van der Waals surface area contributed by atoms with Crippen LogP contribution >= 0.6 is 0 Å². The molecule has 0 aliphatic carbocycles. The Labute approximate surface area is 139 Å². The lowest BCUT2D eigenvalue weighted by atomic mass is 9.97. The first-order valence-corrected chi connectivity index (χ1v) is 8.37. The van der Waals surface area contributed by atoms with E-state index in [0.29, 0.717) is 5.41 Å². The van der Waals surface area contributed by atoms with Crippen molar-refractivity contribution in [1.29, 1.82) is 0 Å². The maximum atomic E-state index is 5.38. The van der Waals surface area contributed by atoms with E-state index in [4.69, 9.17) is 4.74 Å². The number of hydrogen-bond acceptors (Lipinski definition) is 4. The van der Waals surface area contributed by atoms with Crippen molar-refractivity contribution in [2.45, 2.75) is 33.6 Å². The molecule has 4 heteroatoms. The highest BCUT2D eigenvalue weighted by atomic mass is 16.5. The summed E-state index contributed by atoms with van der Waals surface area (Å²) in [6.45, 7) is 9.82. The minimum Gasteiger partial charge on any atom is -0.497 e. The van der Waals surface area contributed by atoms with Crippen LogP contribution in [-0.2, 0) is 0 Å². The molecule has 0 aliphatic heterocycles. The van der Waals surface area contributed by atoms with Crippen molar-refractivity contribution >= 4 is 16.6 Å². The molecule has 1 aromatic heterocycles. The van der Waals surface area contributed by atoms with Crippen molar-refractivity contribution in [2.75, 3.05) is 32.1 Å². The van der Waals surface area contributed by atoms with E-state index in [2.05, 4.69) is 42.5 Å². The zero-order valence-electron chi connectivity index (χ0n) is 14.8. The second-order valence-electron chi connectivity index (χ2n) is 7.12. The highest BCUT2D eigenvalue weighted by Crippen LogP contribution is 2.27. The Morgan fingerprint density at radius 3 is 2.65 bits per heavy atom. The molecule has 0 aliphatic rings. The molecule has 0 amide bonds. The van der Waals surface area contributed by atoms with Crippen LogP contribution in [0.5, 0.6) is 5.75 Å². The molecule has 0 radical (unpaired) electrons. The topological polar surface area (TPSA) is 46.2 Å². The van der Waals surface area contributed by atoms with Crippen LogP contribution < -0.4 is 15.4 Å².